The number of hydrogen-bond donors (Lipinski definition) is 4. The molecule has 4 N–H and O–H groups in total. The molecule has 1 saturated heterocycles. The van der Waals surface area contributed by atoms with E-state index in [4.69, 9.17) is 9.47 Å². The maximum atomic E-state index is 13.5. The van der Waals surface area contributed by atoms with Crippen LogP contribution in [0.2, 0.25) is 0 Å². The van der Waals surface area contributed by atoms with Gasteiger partial charge in [-0.15, -0.1) is 0 Å². The lowest BCUT2D eigenvalue weighted by Gasteiger charge is -2.32. The molecule has 13 nitrogen and oxygen atoms in total. The van der Waals surface area contributed by atoms with Crippen LogP contribution < -0.4 is 10.6 Å². The Balaban J connectivity index is 1.18. The number of aromatic nitrogens is 2. The number of urea groups is 1. The fraction of sp³-hybridized carbons (Fsp3) is 0.281. The number of imidazole rings is 1. The second-order valence-electron chi connectivity index (χ2n) is 10.4. The number of nitrogens with zero attached hydrogens (tertiary/aromatic N) is 3. The second kappa shape index (κ2) is 14.8. The van der Waals surface area contributed by atoms with Gasteiger partial charge in [0, 0.05) is 31.7 Å². The van der Waals surface area contributed by atoms with Gasteiger partial charge < -0.3 is 40.0 Å². The van der Waals surface area contributed by atoms with Crippen LogP contribution >= 0.6 is 0 Å². The maximum Gasteiger partial charge on any atom is 0.408 e. The molecule has 3 aromatic carbocycles. The van der Waals surface area contributed by atoms with E-state index in [9.17, 15) is 24.3 Å². The van der Waals surface area contributed by atoms with Crippen LogP contribution in [0.4, 0.5) is 9.59 Å². The smallest absolute Gasteiger partial charge is 0.408 e. The number of nitrogens with one attached hydrogen (secondary N) is 3. The molecule has 13 heteroatoms. The van der Waals surface area contributed by atoms with Crippen LogP contribution in [0.1, 0.15) is 27.3 Å². The topological polar surface area (TPSA) is 166 Å². The van der Waals surface area contributed by atoms with Crippen LogP contribution in [0.15, 0.2) is 78.9 Å². The van der Waals surface area contributed by atoms with Crippen LogP contribution in [-0.2, 0) is 34.0 Å². The molecule has 2 heterocycles. The van der Waals surface area contributed by atoms with Crippen molar-refractivity contribution >= 4 is 35.0 Å². The summed E-state index contributed by atoms with van der Waals surface area (Å²) in [5.41, 5.74) is 3.52. The Kier molecular flexibility index (Phi) is 10.2. The number of carboxylic acid groups (broad SMARTS) is 1. The molecule has 4 amide bonds. The Morgan fingerprint density at radius 2 is 1.64 bits per heavy atom. The van der Waals surface area contributed by atoms with Gasteiger partial charge in [-0.1, -0.05) is 54.6 Å². The van der Waals surface area contributed by atoms with Crippen molar-refractivity contribution in [3.63, 3.8) is 0 Å². The molecule has 0 saturated carbocycles. The summed E-state index contributed by atoms with van der Waals surface area (Å²) in [6.45, 7) is 2.08. The van der Waals surface area contributed by atoms with Crippen molar-refractivity contribution in [3.8, 4) is 0 Å². The number of morpholine rings is 1. The van der Waals surface area contributed by atoms with E-state index < -0.39 is 24.0 Å². The summed E-state index contributed by atoms with van der Waals surface area (Å²) in [6.07, 6.45) is -0.913. The molecular formula is C32H34N6O7. The summed E-state index contributed by atoms with van der Waals surface area (Å²) in [5, 5.41) is 14.3. The van der Waals surface area contributed by atoms with Gasteiger partial charge in [-0.25, -0.2) is 19.4 Å². The minimum atomic E-state index is -1.39. The number of alkyl carbamates (subject to hydrolysis) is 1. The number of fused-ring (bicyclic) bond motifs is 1. The SMILES string of the molecule is O=C(N[C@@H](CNC(=O)c1ccc(CN(Cc2nc3ccccc3[nH]2)C(=O)N2CCOCC2)cc1)C(=O)O)OCc1ccccc1. The molecule has 45 heavy (non-hydrogen) atoms. The number of carbonyl (C=O) groups is 4. The van der Waals surface area contributed by atoms with Crippen molar-refractivity contribution in [2.45, 2.75) is 25.7 Å². The number of aliphatic carboxylic acids is 1. The molecule has 0 radical (unpaired) electrons. The number of hydrogen-bond acceptors (Lipinski definition) is 7. The molecule has 234 valence electrons. The molecule has 1 fully saturated rings. The van der Waals surface area contributed by atoms with Gasteiger partial charge in [0.25, 0.3) is 5.91 Å². The van der Waals surface area contributed by atoms with E-state index in [0.29, 0.717) is 32.1 Å². The molecule has 1 atom stereocenters. The van der Waals surface area contributed by atoms with Crippen molar-refractivity contribution in [1.29, 1.82) is 0 Å². The summed E-state index contributed by atoms with van der Waals surface area (Å²) < 4.78 is 10.5. The van der Waals surface area contributed by atoms with Gasteiger partial charge in [0.1, 0.15) is 18.5 Å². The maximum absolute atomic E-state index is 13.5. The highest BCUT2D eigenvalue weighted by Crippen LogP contribution is 2.16. The predicted molar refractivity (Wildman–Crippen MR) is 163 cm³/mol. The lowest BCUT2D eigenvalue weighted by molar-refractivity contribution is -0.139. The Bertz CT molecular complexity index is 1590. The molecule has 0 unspecified atom stereocenters. The van der Waals surface area contributed by atoms with Crippen molar-refractivity contribution in [1.82, 2.24) is 30.4 Å². The monoisotopic (exact) mass is 614 g/mol. The standard InChI is InChI=1S/C32H34N6O7/c39-29(33-18-27(30(40)41)36-31(42)45-21-23-6-2-1-3-7-23)24-12-10-22(11-13-24)19-38(32(43)37-14-16-44-17-15-37)20-28-34-25-8-4-5-9-26(25)35-28/h1-13,27H,14-21H2,(H,33,39)(H,34,35)(H,36,42)(H,40,41)/t27-/m0/s1. The minimum absolute atomic E-state index is 0.0224. The molecule has 1 aliphatic rings. The van der Waals surface area contributed by atoms with E-state index in [1.54, 1.807) is 58.3 Å². The molecule has 0 aliphatic carbocycles. The third-order valence-corrected chi connectivity index (χ3v) is 7.19. The predicted octanol–water partition coefficient (Wildman–Crippen LogP) is 3.13. The summed E-state index contributed by atoms with van der Waals surface area (Å²) in [6, 6.07) is 21.7. The Hall–Kier alpha value is -5.43. The number of para-hydroxylation sites is 2. The van der Waals surface area contributed by atoms with Gasteiger partial charge in [0.05, 0.1) is 30.8 Å². The number of ether oxygens (including phenoxy) is 2. The number of carboxylic acids is 1. The number of carbonyl (C=O) groups excluding carboxylic acids is 3. The first kappa shape index (κ1) is 31.0. The molecular weight excluding hydrogens is 580 g/mol. The number of rotatable bonds is 11. The third-order valence-electron chi connectivity index (χ3n) is 7.19. The second-order valence-corrected chi connectivity index (χ2v) is 10.4. The largest absolute Gasteiger partial charge is 0.480 e. The minimum Gasteiger partial charge on any atom is -0.480 e. The molecule has 5 rings (SSSR count). The molecule has 0 bridgehead atoms. The molecule has 1 aliphatic heterocycles. The van der Waals surface area contributed by atoms with E-state index >= 15 is 0 Å². The number of H-pyrrole nitrogens is 1. The zero-order valence-electron chi connectivity index (χ0n) is 24.5. The summed E-state index contributed by atoms with van der Waals surface area (Å²) >= 11 is 0. The van der Waals surface area contributed by atoms with Gasteiger partial charge in [-0.05, 0) is 35.4 Å². The van der Waals surface area contributed by atoms with Gasteiger partial charge in [-0.3, -0.25) is 4.79 Å². The zero-order chi connectivity index (χ0) is 31.6. The lowest BCUT2D eigenvalue weighted by Crippen LogP contribution is -2.48. The zero-order valence-corrected chi connectivity index (χ0v) is 24.5. The van der Waals surface area contributed by atoms with Crippen molar-refractivity contribution in [3.05, 3.63) is 101 Å². The van der Waals surface area contributed by atoms with Crippen LogP contribution in [-0.4, -0.2) is 87.8 Å². The Morgan fingerprint density at radius 1 is 0.933 bits per heavy atom. The van der Waals surface area contributed by atoms with Crippen molar-refractivity contribution < 1.29 is 33.8 Å². The molecule has 4 aromatic rings. The highest BCUT2D eigenvalue weighted by molar-refractivity contribution is 5.94. The fourth-order valence-electron chi connectivity index (χ4n) is 4.79. The summed E-state index contributed by atoms with van der Waals surface area (Å²) in [5.74, 6) is -1.19. The highest BCUT2D eigenvalue weighted by atomic mass is 16.5. The average Bonchev–Trinajstić information content (AvgIpc) is 3.48. The Labute approximate surface area is 259 Å². The van der Waals surface area contributed by atoms with Gasteiger partial charge in [0.2, 0.25) is 0 Å². The summed E-state index contributed by atoms with van der Waals surface area (Å²) in [4.78, 5) is 61.5. The lowest BCUT2D eigenvalue weighted by atomic mass is 10.1. The highest BCUT2D eigenvalue weighted by Gasteiger charge is 2.25. The van der Waals surface area contributed by atoms with Crippen molar-refractivity contribution in [2.75, 3.05) is 32.8 Å². The first-order valence-electron chi connectivity index (χ1n) is 14.5. The first-order valence-corrected chi connectivity index (χ1v) is 14.5. The Morgan fingerprint density at radius 3 is 2.36 bits per heavy atom. The van der Waals surface area contributed by atoms with E-state index in [-0.39, 0.29) is 37.8 Å². The molecule has 1 aromatic heterocycles. The number of aromatic amines is 1. The van der Waals surface area contributed by atoms with E-state index in [1.165, 1.54) is 0 Å². The van der Waals surface area contributed by atoms with Crippen LogP contribution in [0, 0.1) is 0 Å². The summed E-state index contributed by atoms with van der Waals surface area (Å²) in [7, 11) is 0. The van der Waals surface area contributed by atoms with Crippen molar-refractivity contribution in [2.24, 2.45) is 0 Å². The van der Waals surface area contributed by atoms with Crippen LogP contribution in [0.3, 0.4) is 0 Å². The van der Waals surface area contributed by atoms with E-state index in [1.807, 2.05) is 30.3 Å². The van der Waals surface area contributed by atoms with E-state index in [0.717, 1.165) is 22.2 Å². The van der Waals surface area contributed by atoms with Crippen LogP contribution in [0.25, 0.3) is 11.0 Å². The first-order chi connectivity index (χ1) is 21.9. The van der Waals surface area contributed by atoms with Gasteiger partial charge in [-0.2, -0.15) is 0 Å². The normalized spacial score (nSPS) is 13.6. The fourth-order valence-corrected chi connectivity index (χ4v) is 4.79. The van der Waals surface area contributed by atoms with Gasteiger partial charge in [0.15, 0.2) is 0 Å². The molecule has 0 spiro atoms. The number of benzene rings is 3. The van der Waals surface area contributed by atoms with Gasteiger partial charge >= 0.3 is 18.1 Å². The average molecular weight is 615 g/mol. The number of amides is 4. The third kappa shape index (κ3) is 8.57. The van der Waals surface area contributed by atoms with Crippen LogP contribution in [0.5, 0.6) is 0 Å². The quantitative estimate of drug-likeness (QED) is 0.200. The van der Waals surface area contributed by atoms with E-state index in [2.05, 4.69) is 20.6 Å².